The van der Waals surface area contributed by atoms with E-state index in [1.807, 2.05) is 6.92 Å². The number of methoxy groups -OCH3 is 1. The van der Waals surface area contributed by atoms with E-state index in [4.69, 9.17) is 16.3 Å². The SMILES string of the molecule is COCC(C)Nc1ncc2cc(C(=O)c3ccccc3Cl)n(-c3c(F)cccc3F)c2n1. The molecule has 0 spiro atoms. The summed E-state index contributed by atoms with van der Waals surface area (Å²) in [5, 5.41) is 3.73. The number of rotatable bonds is 7. The van der Waals surface area contributed by atoms with Gasteiger partial charge in [-0.1, -0.05) is 29.8 Å². The Morgan fingerprint density at radius 3 is 2.59 bits per heavy atom. The summed E-state index contributed by atoms with van der Waals surface area (Å²) in [5.41, 5.74) is -0.0255. The molecule has 1 atom stereocenters. The second kappa shape index (κ2) is 9.02. The van der Waals surface area contributed by atoms with Gasteiger partial charge in [-0.3, -0.25) is 9.36 Å². The highest BCUT2D eigenvalue weighted by atomic mass is 35.5. The lowest BCUT2D eigenvalue weighted by molar-refractivity contribution is 0.103. The zero-order valence-corrected chi connectivity index (χ0v) is 18.0. The number of nitrogens with zero attached hydrogens (tertiary/aromatic N) is 3. The van der Waals surface area contributed by atoms with E-state index in [0.29, 0.717) is 12.0 Å². The quantitative estimate of drug-likeness (QED) is 0.395. The Balaban J connectivity index is 1.95. The number of para-hydroxylation sites is 1. The molecule has 2 aromatic carbocycles. The molecule has 4 rings (SSSR count). The first-order chi connectivity index (χ1) is 15.4. The summed E-state index contributed by atoms with van der Waals surface area (Å²) in [5.74, 6) is -1.94. The molecule has 6 nitrogen and oxygen atoms in total. The molecule has 0 fully saturated rings. The van der Waals surface area contributed by atoms with Crippen LogP contribution in [-0.2, 0) is 4.74 Å². The van der Waals surface area contributed by atoms with Gasteiger partial charge < -0.3 is 10.1 Å². The number of fused-ring (bicyclic) bond motifs is 1. The molecule has 2 heterocycles. The topological polar surface area (TPSA) is 69.0 Å². The highest BCUT2D eigenvalue weighted by molar-refractivity contribution is 6.35. The second-order valence-corrected chi connectivity index (χ2v) is 7.62. The van der Waals surface area contributed by atoms with Crippen molar-refractivity contribution >= 4 is 34.4 Å². The number of ketones is 1. The van der Waals surface area contributed by atoms with E-state index in [2.05, 4.69) is 15.3 Å². The number of carbonyl (C=O) groups excluding carboxylic acids is 1. The van der Waals surface area contributed by atoms with Crippen LogP contribution >= 0.6 is 11.6 Å². The standard InChI is InChI=1S/C23H19ClF2N4O2/c1-13(12-32-2)28-23-27-11-14-10-19(21(31)15-6-3-4-7-16(15)24)30(22(14)29-23)20-17(25)8-5-9-18(20)26/h3-11,13H,12H2,1-2H3,(H,27,28,29). The Kier molecular flexibility index (Phi) is 6.16. The minimum atomic E-state index is -0.836. The van der Waals surface area contributed by atoms with Gasteiger partial charge in [-0.2, -0.15) is 4.98 Å². The maximum absolute atomic E-state index is 14.8. The van der Waals surface area contributed by atoms with Crippen molar-refractivity contribution in [1.29, 1.82) is 0 Å². The molecule has 0 aliphatic heterocycles. The monoisotopic (exact) mass is 456 g/mol. The molecular weight excluding hydrogens is 438 g/mol. The van der Waals surface area contributed by atoms with E-state index in [1.165, 1.54) is 22.9 Å². The van der Waals surface area contributed by atoms with Crippen molar-refractivity contribution in [2.24, 2.45) is 0 Å². The van der Waals surface area contributed by atoms with Gasteiger partial charge in [-0.25, -0.2) is 13.8 Å². The first kappa shape index (κ1) is 21.9. The lowest BCUT2D eigenvalue weighted by Gasteiger charge is -2.14. The minimum absolute atomic E-state index is 0.00786. The number of benzene rings is 2. The average molecular weight is 457 g/mol. The Hall–Kier alpha value is -3.36. The van der Waals surface area contributed by atoms with Gasteiger partial charge >= 0.3 is 0 Å². The summed E-state index contributed by atoms with van der Waals surface area (Å²) in [6.07, 6.45) is 1.49. The lowest BCUT2D eigenvalue weighted by atomic mass is 10.1. The van der Waals surface area contributed by atoms with E-state index in [1.54, 1.807) is 31.4 Å². The maximum Gasteiger partial charge on any atom is 0.224 e. The van der Waals surface area contributed by atoms with Crippen LogP contribution in [0, 0.1) is 11.6 Å². The third-order valence-electron chi connectivity index (χ3n) is 4.85. The predicted molar refractivity (Wildman–Crippen MR) is 119 cm³/mol. The van der Waals surface area contributed by atoms with Crippen molar-refractivity contribution in [3.8, 4) is 5.69 Å². The molecule has 32 heavy (non-hydrogen) atoms. The van der Waals surface area contributed by atoms with E-state index in [-0.39, 0.29) is 33.9 Å². The molecule has 0 radical (unpaired) electrons. The largest absolute Gasteiger partial charge is 0.383 e. The Morgan fingerprint density at radius 1 is 1.19 bits per heavy atom. The molecule has 0 saturated heterocycles. The van der Waals surface area contributed by atoms with Gasteiger partial charge in [0.25, 0.3) is 0 Å². The highest BCUT2D eigenvalue weighted by Gasteiger charge is 2.25. The molecule has 0 amide bonds. The highest BCUT2D eigenvalue weighted by Crippen LogP contribution is 2.30. The van der Waals surface area contributed by atoms with Crippen LogP contribution in [0.1, 0.15) is 23.0 Å². The van der Waals surface area contributed by atoms with Crippen LogP contribution in [0.2, 0.25) is 5.02 Å². The normalized spacial score (nSPS) is 12.2. The van der Waals surface area contributed by atoms with Crippen LogP contribution < -0.4 is 5.32 Å². The summed E-state index contributed by atoms with van der Waals surface area (Å²) < 4.78 is 35.9. The molecule has 0 aliphatic carbocycles. The summed E-state index contributed by atoms with van der Waals surface area (Å²) in [6, 6.07) is 11.4. The smallest absolute Gasteiger partial charge is 0.224 e. The van der Waals surface area contributed by atoms with Gasteiger partial charge in [-0.15, -0.1) is 0 Å². The minimum Gasteiger partial charge on any atom is -0.383 e. The van der Waals surface area contributed by atoms with Crippen LogP contribution in [0.5, 0.6) is 0 Å². The number of hydrogen-bond donors (Lipinski definition) is 1. The number of ether oxygens (including phenoxy) is 1. The van der Waals surface area contributed by atoms with Crippen LogP contribution in [-0.4, -0.2) is 40.1 Å². The molecule has 164 valence electrons. The summed E-state index contributed by atoms with van der Waals surface area (Å²) in [4.78, 5) is 22.1. The third kappa shape index (κ3) is 4.06. The van der Waals surface area contributed by atoms with Gasteiger partial charge in [0.2, 0.25) is 11.7 Å². The maximum atomic E-state index is 14.8. The molecule has 9 heteroatoms. The van der Waals surface area contributed by atoms with Gasteiger partial charge in [0.15, 0.2) is 5.65 Å². The Morgan fingerprint density at radius 2 is 1.91 bits per heavy atom. The summed E-state index contributed by atoms with van der Waals surface area (Å²) in [6.45, 7) is 2.28. The predicted octanol–water partition coefficient (Wildman–Crippen LogP) is 5.03. The number of aromatic nitrogens is 3. The third-order valence-corrected chi connectivity index (χ3v) is 5.17. The van der Waals surface area contributed by atoms with Crippen molar-refractivity contribution in [2.75, 3.05) is 19.0 Å². The number of anilines is 1. The molecule has 0 bridgehead atoms. The van der Waals surface area contributed by atoms with Crippen molar-refractivity contribution in [2.45, 2.75) is 13.0 Å². The first-order valence-electron chi connectivity index (χ1n) is 9.78. The van der Waals surface area contributed by atoms with E-state index in [9.17, 15) is 13.6 Å². The molecule has 0 saturated carbocycles. The molecule has 4 aromatic rings. The Bertz CT molecular complexity index is 1290. The van der Waals surface area contributed by atoms with Gasteiger partial charge in [0.1, 0.15) is 17.3 Å². The van der Waals surface area contributed by atoms with E-state index < -0.39 is 23.1 Å². The molecule has 1 N–H and O–H groups in total. The Labute approximate surface area is 187 Å². The zero-order valence-electron chi connectivity index (χ0n) is 17.3. The van der Waals surface area contributed by atoms with Crippen LogP contribution in [0.3, 0.4) is 0 Å². The fraction of sp³-hybridized carbons (Fsp3) is 0.174. The van der Waals surface area contributed by atoms with Crippen LogP contribution in [0.25, 0.3) is 16.7 Å². The lowest BCUT2D eigenvalue weighted by Crippen LogP contribution is -2.22. The summed E-state index contributed by atoms with van der Waals surface area (Å²) in [7, 11) is 1.57. The second-order valence-electron chi connectivity index (χ2n) is 7.22. The fourth-order valence-corrected chi connectivity index (χ4v) is 3.67. The molecule has 2 aromatic heterocycles. The van der Waals surface area contributed by atoms with Crippen LogP contribution in [0.4, 0.5) is 14.7 Å². The average Bonchev–Trinajstić information content (AvgIpc) is 3.12. The molecule has 1 unspecified atom stereocenters. The van der Waals surface area contributed by atoms with Crippen molar-refractivity contribution < 1.29 is 18.3 Å². The summed E-state index contributed by atoms with van der Waals surface area (Å²) >= 11 is 6.21. The van der Waals surface area contributed by atoms with E-state index in [0.717, 1.165) is 12.1 Å². The fourth-order valence-electron chi connectivity index (χ4n) is 3.45. The van der Waals surface area contributed by atoms with Crippen LogP contribution in [0.15, 0.2) is 54.7 Å². The molecule has 0 aliphatic rings. The van der Waals surface area contributed by atoms with Crippen molar-refractivity contribution in [3.63, 3.8) is 0 Å². The number of nitrogens with one attached hydrogen (secondary N) is 1. The van der Waals surface area contributed by atoms with Gasteiger partial charge in [0, 0.05) is 30.3 Å². The molecular formula is C23H19ClF2N4O2. The number of halogens is 3. The number of carbonyl (C=O) groups is 1. The zero-order chi connectivity index (χ0) is 22.8. The first-order valence-corrected chi connectivity index (χ1v) is 10.2. The van der Waals surface area contributed by atoms with Crippen molar-refractivity contribution in [3.05, 3.63) is 82.6 Å². The van der Waals surface area contributed by atoms with Gasteiger partial charge in [-0.05, 0) is 37.3 Å². The number of hydrogen-bond acceptors (Lipinski definition) is 5. The van der Waals surface area contributed by atoms with Crippen molar-refractivity contribution in [1.82, 2.24) is 14.5 Å². The van der Waals surface area contributed by atoms with Gasteiger partial charge in [0.05, 0.1) is 17.3 Å². The van der Waals surface area contributed by atoms with E-state index >= 15 is 0 Å².